The van der Waals surface area contributed by atoms with Crippen molar-refractivity contribution in [1.29, 1.82) is 0 Å². The largest absolute Gasteiger partial charge is 0.435 e. The van der Waals surface area contributed by atoms with Crippen LogP contribution < -0.4 is 0 Å². The van der Waals surface area contributed by atoms with Crippen LogP contribution in [-0.2, 0) is 41.0 Å². The third kappa shape index (κ3) is 5.36. The number of benzene rings is 2. The second kappa shape index (κ2) is 12.0. The van der Waals surface area contributed by atoms with Crippen molar-refractivity contribution in [3.63, 3.8) is 0 Å². The lowest BCUT2D eigenvalue weighted by atomic mass is 9.84. The third-order valence-electron chi connectivity index (χ3n) is 9.37. The summed E-state index contributed by atoms with van der Waals surface area (Å²) in [4.78, 5) is 28.3. The summed E-state index contributed by atoms with van der Waals surface area (Å²) in [6.45, 7) is -0.502. The smallest absolute Gasteiger partial charge is 0.383 e. The minimum absolute atomic E-state index is 0.0455. The van der Waals surface area contributed by atoms with Gasteiger partial charge in [-0.25, -0.2) is 21.6 Å². The highest BCUT2D eigenvalue weighted by Crippen LogP contribution is 2.56. The molecule has 7 nitrogen and oxygen atoms in total. The van der Waals surface area contributed by atoms with E-state index >= 15 is 4.39 Å². The molecule has 2 aromatic carbocycles. The van der Waals surface area contributed by atoms with Crippen molar-refractivity contribution in [3.8, 4) is 0 Å². The molecule has 17 heteroatoms. The van der Waals surface area contributed by atoms with Gasteiger partial charge in [-0.1, -0.05) is 18.2 Å². The number of methoxy groups -OCH3 is 1. The number of fused-ring (bicyclic) bond motifs is 3. The van der Waals surface area contributed by atoms with Crippen LogP contribution in [-0.4, -0.2) is 87.4 Å². The lowest BCUT2D eigenvalue weighted by Crippen LogP contribution is -2.54. The number of sulfone groups is 1. The molecule has 0 N–H and O–H groups in total. The van der Waals surface area contributed by atoms with Gasteiger partial charge in [-0.2, -0.15) is 26.3 Å². The third-order valence-corrected chi connectivity index (χ3v) is 11.9. The summed E-state index contributed by atoms with van der Waals surface area (Å²) in [6, 6.07) is 2.26. The molecule has 4 atom stereocenters. The standard InChI is InChI=1S/C30H29F9N2O5S/c1-46-14-13-40-23(16-22(32)25(40)42)26(43)41-12-11-27(47(44,45)20-8-6-19(31)7-9-20)21-10-5-18(15-17(21)3-2-4-24(27)41)28(33,29(34,35)36)30(37,38)39/h5-10,15,22-24H,2-4,11-14,16H2,1H3/t22-,23-,24-,27-/m0/s1. The number of rotatable bonds is 7. The Hall–Kier alpha value is -3.34. The molecule has 258 valence electrons. The van der Waals surface area contributed by atoms with E-state index in [0.29, 0.717) is 12.1 Å². The van der Waals surface area contributed by atoms with Gasteiger partial charge in [-0.05, 0) is 61.1 Å². The van der Waals surface area contributed by atoms with Gasteiger partial charge >= 0.3 is 18.0 Å². The molecule has 47 heavy (non-hydrogen) atoms. The molecular weight excluding hydrogens is 671 g/mol. The van der Waals surface area contributed by atoms with Crippen LogP contribution >= 0.6 is 0 Å². The molecule has 2 aromatic rings. The maximum absolute atomic E-state index is 15.1. The number of carbonyl (C=O) groups excluding carboxylic acids is 2. The molecule has 2 fully saturated rings. The van der Waals surface area contributed by atoms with Gasteiger partial charge in [-0.3, -0.25) is 9.59 Å². The van der Waals surface area contributed by atoms with Gasteiger partial charge in [-0.15, -0.1) is 0 Å². The van der Waals surface area contributed by atoms with Crippen molar-refractivity contribution in [2.24, 2.45) is 0 Å². The molecule has 5 rings (SSSR count). The number of halogens is 9. The number of nitrogens with zero attached hydrogens (tertiary/aromatic N) is 2. The first-order valence-electron chi connectivity index (χ1n) is 14.5. The Morgan fingerprint density at radius 2 is 1.66 bits per heavy atom. The van der Waals surface area contributed by atoms with Crippen molar-refractivity contribution in [2.45, 2.75) is 78.0 Å². The van der Waals surface area contributed by atoms with Crippen LogP contribution in [0.15, 0.2) is 47.4 Å². The van der Waals surface area contributed by atoms with Gasteiger partial charge in [0.25, 0.3) is 5.91 Å². The van der Waals surface area contributed by atoms with E-state index in [1.54, 1.807) is 0 Å². The zero-order valence-corrected chi connectivity index (χ0v) is 25.5. The molecule has 2 aliphatic heterocycles. The van der Waals surface area contributed by atoms with E-state index in [-0.39, 0.29) is 56.2 Å². The summed E-state index contributed by atoms with van der Waals surface area (Å²) < 4.78 is 157. The summed E-state index contributed by atoms with van der Waals surface area (Å²) in [7, 11) is -3.41. The van der Waals surface area contributed by atoms with Crippen LogP contribution in [0.25, 0.3) is 0 Å². The fourth-order valence-electron chi connectivity index (χ4n) is 7.15. The molecule has 2 heterocycles. The number of hydrogen-bond acceptors (Lipinski definition) is 5. The molecule has 2 amide bonds. The molecule has 3 aliphatic rings. The summed E-state index contributed by atoms with van der Waals surface area (Å²) in [5, 5.41) is 0. The predicted octanol–water partition coefficient (Wildman–Crippen LogP) is 5.31. The molecule has 0 spiro atoms. The highest BCUT2D eigenvalue weighted by Gasteiger charge is 2.74. The topological polar surface area (TPSA) is 84.0 Å². The Kier molecular flexibility index (Phi) is 8.91. The van der Waals surface area contributed by atoms with Crippen LogP contribution in [0.5, 0.6) is 0 Å². The molecule has 2 saturated heterocycles. The second-order valence-electron chi connectivity index (χ2n) is 11.8. The number of hydrogen-bond donors (Lipinski definition) is 0. The van der Waals surface area contributed by atoms with Crippen molar-refractivity contribution in [2.75, 3.05) is 26.8 Å². The van der Waals surface area contributed by atoms with Crippen molar-refractivity contribution in [1.82, 2.24) is 9.80 Å². The quantitative estimate of drug-likeness (QED) is 0.289. The van der Waals surface area contributed by atoms with Crippen LogP contribution in [0.1, 0.15) is 42.4 Å². The Bertz CT molecular complexity index is 1630. The number of alkyl halides is 8. The van der Waals surface area contributed by atoms with Crippen molar-refractivity contribution >= 4 is 21.7 Å². The SMILES string of the molecule is COCCN1C(=O)[C@@H](F)C[C@H]1C(=O)N1CC[C@]2(S(=O)(=O)c3ccc(F)cc3)c3ccc(C(F)(C(F)(F)F)C(F)(F)F)cc3CCC[C@H]12. The first-order chi connectivity index (χ1) is 21.8. The average Bonchev–Trinajstić information content (AvgIpc) is 3.46. The van der Waals surface area contributed by atoms with Crippen LogP contribution in [0.4, 0.5) is 39.5 Å². The normalized spacial score (nSPS) is 25.5. The lowest BCUT2D eigenvalue weighted by molar-refractivity contribution is -0.348. The highest BCUT2D eigenvalue weighted by atomic mass is 32.2. The Balaban J connectivity index is 1.68. The number of likely N-dealkylation sites (tertiary alicyclic amines) is 2. The predicted molar refractivity (Wildman–Crippen MR) is 147 cm³/mol. The Morgan fingerprint density at radius 3 is 2.26 bits per heavy atom. The highest BCUT2D eigenvalue weighted by molar-refractivity contribution is 7.92. The van der Waals surface area contributed by atoms with E-state index in [1.165, 1.54) is 7.11 Å². The van der Waals surface area contributed by atoms with Crippen LogP contribution in [0, 0.1) is 5.82 Å². The maximum atomic E-state index is 15.1. The number of carbonyl (C=O) groups is 2. The molecule has 0 unspecified atom stereocenters. The first kappa shape index (κ1) is 35.0. The summed E-state index contributed by atoms with van der Waals surface area (Å²) >= 11 is 0. The van der Waals surface area contributed by atoms with Gasteiger partial charge in [0.05, 0.1) is 17.5 Å². The van der Waals surface area contributed by atoms with Crippen molar-refractivity contribution < 1.29 is 62.3 Å². The summed E-state index contributed by atoms with van der Waals surface area (Å²) in [5.74, 6) is -2.56. The second-order valence-corrected chi connectivity index (χ2v) is 14.0. The van der Waals surface area contributed by atoms with Gasteiger partial charge in [0.1, 0.15) is 16.6 Å². The minimum Gasteiger partial charge on any atom is -0.383 e. The van der Waals surface area contributed by atoms with Gasteiger partial charge < -0.3 is 14.5 Å². The van der Waals surface area contributed by atoms with E-state index in [1.807, 2.05) is 0 Å². The van der Waals surface area contributed by atoms with Gasteiger partial charge in [0, 0.05) is 32.2 Å². The van der Waals surface area contributed by atoms with Crippen molar-refractivity contribution in [3.05, 3.63) is 65.0 Å². The molecule has 0 radical (unpaired) electrons. The lowest BCUT2D eigenvalue weighted by Gasteiger charge is -2.39. The van der Waals surface area contributed by atoms with Gasteiger partial charge in [0.15, 0.2) is 16.0 Å². The fraction of sp³-hybridized carbons (Fsp3) is 0.533. The molecule has 0 bridgehead atoms. The first-order valence-corrected chi connectivity index (χ1v) is 16.0. The summed E-state index contributed by atoms with van der Waals surface area (Å²) in [6.07, 6.45) is -16.2. The number of aryl methyl sites for hydroxylation is 1. The average molecular weight is 701 g/mol. The van der Waals surface area contributed by atoms with Crippen LogP contribution in [0.2, 0.25) is 0 Å². The Labute approximate surface area is 263 Å². The van der Waals surface area contributed by atoms with E-state index in [2.05, 4.69) is 0 Å². The van der Waals surface area contributed by atoms with E-state index in [9.17, 15) is 53.1 Å². The monoisotopic (exact) mass is 700 g/mol. The fourth-order valence-corrected chi connectivity index (χ4v) is 9.52. The van der Waals surface area contributed by atoms with E-state index in [0.717, 1.165) is 34.1 Å². The molecule has 0 aromatic heterocycles. The van der Waals surface area contributed by atoms with Crippen LogP contribution in [0.3, 0.4) is 0 Å². The zero-order chi connectivity index (χ0) is 34.7. The summed E-state index contributed by atoms with van der Waals surface area (Å²) in [5.41, 5.74) is -8.10. The van der Waals surface area contributed by atoms with E-state index in [4.69, 9.17) is 4.74 Å². The number of ether oxygens (including phenoxy) is 1. The maximum Gasteiger partial charge on any atom is 0.435 e. The number of amides is 2. The molecule has 1 aliphatic carbocycles. The zero-order valence-electron chi connectivity index (χ0n) is 24.7. The van der Waals surface area contributed by atoms with E-state index < -0.39 is 91.8 Å². The minimum atomic E-state index is -6.41. The van der Waals surface area contributed by atoms with Gasteiger partial charge in [0.2, 0.25) is 5.91 Å². The molecule has 0 saturated carbocycles. The Morgan fingerprint density at radius 1 is 1.02 bits per heavy atom. The molecular formula is C30H29F9N2O5S.